The Morgan fingerprint density at radius 2 is 2.21 bits per heavy atom. The standard InChI is InChI=1S/C17H17N5O2/c1-12-16(22-9-3-2-5-14(22)19-12)17(23)21-10-7-13(11-21)24-15-6-4-8-18-20-15/h2-6,8-9,13H,7,10-11H2,1H3. The highest BCUT2D eigenvalue weighted by atomic mass is 16.5. The molecule has 1 aliphatic rings. The number of likely N-dealkylation sites (tertiary alicyclic amines) is 1. The second-order valence-corrected chi connectivity index (χ2v) is 5.82. The lowest BCUT2D eigenvalue weighted by Gasteiger charge is -2.17. The van der Waals surface area contributed by atoms with Gasteiger partial charge in [0.25, 0.3) is 5.91 Å². The fraction of sp³-hybridized carbons (Fsp3) is 0.294. The van der Waals surface area contributed by atoms with Crippen molar-refractivity contribution in [1.82, 2.24) is 24.5 Å². The first-order chi connectivity index (χ1) is 11.7. The SMILES string of the molecule is Cc1nc2ccccn2c1C(=O)N1CCC(Oc2cccnn2)C1. The summed E-state index contributed by atoms with van der Waals surface area (Å²) in [6, 6.07) is 9.26. The summed E-state index contributed by atoms with van der Waals surface area (Å²) in [6.07, 6.45) is 4.18. The van der Waals surface area contributed by atoms with E-state index in [0.29, 0.717) is 24.7 Å². The maximum Gasteiger partial charge on any atom is 0.272 e. The molecule has 7 heteroatoms. The molecule has 0 saturated carbocycles. The highest BCUT2D eigenvalue weighted by molar-refractivity contribution is 5.94. The van der Waals surface area contributed by atoms with Crippen molar-refractivity contribution in [3.8, 4) is 5.88 Å². The van der Waals surface area contributed by atoms with E-state index in [2.05, 4.69) is 15.2 Å². The summed E-state index contributed by atoms with van der Waals surface area (Å²) in [5.41, 5.74) is 2.14. The molecule has 0 spiro atoms. The zero-order valence-electron chi connectivity index (χ0n) is 13.3. The van der Waals surface area contributed by atoms with Crippen molar-refractivity contribution in [3.63, 3.8) is 0 Å². The normalized spacial score (nSPS) is 17.4. The Bertz CT molecular complexity index is 877. The minimum atomic E-state index is -0.0647. The summed E-state index contributed by atoms with van der Waals surface area (Å²) in [6.45, 7) is 3.06. The molecule has 1 aliphatic heterocycles. The molecule has 4 heterocycles. The highest BCUT2D eigenvalue weighted by Gasteiger charge is 2.31. The zero-order valence-corrected chi connectivity index (χ0v) is 13.3. The van der Waals surface area contributed by atoms with Gasteiger partial charge >= 0.3 is 0 Å². The molecule has 0 aliphatic carbocycles. The van der Waals surface area contributed by atoms with E-state index in [1.165, 1.54) is 0 Å². The molecule has 0 radical (unpaired) electrons. The molecule has 0 bridgehead atoms. The molecule has 1 unspecified atom stereocenters. The number of carbonyl (C=O) groups is 1. The lowest BCUT2D eigenvalue weighted by Crippen LogP contribution is -2.32. The van der Waals surface area contributed by atoms with E-state index in [1.807, 2.05) is 40.6 Å². The maximum absolute atomic E-state index is 12.9. The first kappa shape index (κ1) is 14.6. The number of aromatic nitrogens is 4. The number of ether oxygens (including phenoxy) is 1. The van der Waals surface area contributed by atoms with Crippen molar-refractivity contribution in [2.24, 2.45) is 0 Å². The van der Waals surface area contributed by atoms with E-state index in [0.717, 1.165) is 17.8 Å². The molecule has 1 amide bonds. The lowest BCUT2D eigenvalue weighted by atomic mass is 10.3. The number of carbonyl (C=O) groups excluding carboxylic acids is 1. The quantitative estimate of drug-likeness (QED) is 0.734. The fourth-order valence-electron chi connectivity index (χ4n) is 3.05. The lowest BCUT2D eigenvalue weighted by molar-refractivity contribution is 0.0763. The number of aryl methyl sites for hydroxylation is 1. The molecule has 1 atom stereocenters. The van der Waals surface area contributed by atoms with E-state index in [4.69, 9.17) is 4.74 Å². The van der Waals surface area contributed by atoms with Gasteiger partial charge in [-0.25, -0.2) is 4.98 Å². The van der Waals surface area contributed by atoms with Crippen molar-refractivity contribution >= 4 is 11.6 Å². The molecule has 0 aromatic carbocycles. The average molecular weight is 323 g/mol. The third-order valence-electron chi connectivity index (χ3n) is 4.17. The van der Waals surface area contributed by atoms with Crippen LogP contribution in [-0.4, -0.2) is 49.6 Å². The summed E-state index contributed by atoms with van der Waals surface area (Å²) >= 11 is 0. The molecule has 1 fully saturated rings. The van der Waals surface area contributed by atoms with Crippen LogP contribution in [0.4, 0.5) is 0 Å². The van der Waals surface area contributed by atoms with Crippen molar-refractivity contribution < 1.29 is 9.53 Å². The number of hydrogen-bond acceptors (Lipinski definition) is 5. The summed E-state index contributed by atoms with van der Waals surface area (Å²) in [5, 5.41) is 7.73. The molecule has 3 aromatic heterocycles. The first-order valence-corrected chi connectivity index (χ1v) is 7.89. The van der Waals surface area contributed by atoms with Crippen LogP contribution >= 0.6 is 0 Å². The summed E-state index contributed by atoms with van der Waals surface area (Å²) < 4.78 is 7.64. The van der Waals surface area contributed by atoms with Gasteiger partial charge in [-0.05, 0) is 25.1 Å². The number of rotatable bonds is 3. The van der Waals surface area contributed by atoms with Gasteiger partial charge in [-0.1, -0.05) is 6.07 Å². The van der Waals surface area contributed by atoms with Crippen LogP contribution < -0.4 is 4.74 Å². The zero-order chi connectivity index (χ0) is 16.5. The number of hydrogen-bond donors (Lipinski definition) is 0. The number of pyridine rings is 1. The average Bonchev–Trinajstić information content (AvgIpc) is 3.19. The first-order valence-electron chi connectivity index (χ1n) is 7.89. The van der Waals surface area contributed by atoms with Gasteiger partial charge in [-0.3, -0.25) is 9.20 Å². The second-order valence-electron chi connectivity index (χ2n) is 5.82. The molecular weight excluding hydrogens is 306 g/mol. The summed E-state index contributed by atoms with van der Waals surface area (Å²) in [7, 11) is 0. The molecule has 122 valence electrons. The van der Waals surface area contributed by atoms with Crippen LogP contribution in [0.2, 0.25) is 0 Å². The molecule has 24 heavy (non-hydrogen) atoms. The van der Waals surface area contributed by atoms with E-state index >= 15 is 0 Å². The number of nitrogens with zero attached hydrogens (tertiary/aromatic N) is 5. The van der Waals surface area contributed by atoms with Gasteiger partial charge in [0.15, 0.2) is 0 Å². The maximum atomic E-state index is 12.9. The van der Waals surface area contributed by atoms with Gasteiger partial charge in [0.1, 0.15) is 17.4 Å². The van der Waals surface area contributed by atoms with Crippen LogP contribution in [0.1, 0.15) is 22.6 Å². The van der Waals surface area contributed by atoms with Crippen LogP contribution in [0.5, 0.6) is 5.88 Å². The minimum Gasteiger partial charge on any atom is -0.471 e. The fourth-order valence-corrected chi connectivity index (χ4v) is 3.05. The molecule has 1 saturated heterocycles. The Hall–Kier alpha value is -2.96. The largest absolute Gasteiger partial charge is 0.471 e. The Morgan fingerprint density at radius 3 is 3.04 bits per heavy atom. The van der Waals surface area contributed by atoms with E-state index in [-0.39, 0.29) is 12.0 Å². The predicted molar refractivity (Wildman–Crippen MR) is 86.9 cm³/mol. The molecule has 4 rings (SSSR count). The summed E-state index contributed by atoms with van der Waals surface area (Å²) in [5.74, 6) is 0.472. The Kier molecular flexibility index (Phi) is 3.60. The monoisotopic (exact) mass is 323 g/mol. The third-order valence-corrected chi connectivity index (χ3v) is 4.17. The van der Waals surface area contributed by atoms with Gasteiger partial charge in [-0.2, -0.15) is 5.10 Å². The highest BCUT2D eigenvalue weighted by Crippen LogP contribution is 2.20. The summed E-state index contributed by atoms with van der Waals surface area (Å²) in [4.78, 5) is 19.2. The topological polar surface area (TPSA) is 72.6 Å². The van der Waals surface area contributed by atoms with Crippen molar-refractivity contribution in [3.05, 3.63) is 54.1 Å². The third kappa shape index (κ3) is 2.58. The second kappa shape index (κ2) is 5.92. The van der Waals surface area contributed by atoms with Gasteiger partial charge in [0.05, 0.1) is 12.2 Å². The van der Waals surface area contributed by atoms with Crippen molar-refractivity contribution in [2.45, 2.75) is 19.4 Å². The molecule has 3 aromatic rings. The number of amides is 1. The molecule has 0 N–H and O–H groups in total. The van der Waals surface area contributed by atoms with Crippen molar-refractivity contribution in [2.75, 3.05) is 13.1 Å². The van der Waals surface area contributed by atoms with Crippen LogP contribution in [-0.2, 0) is 0 Å². The van der Waals surface area contributed by atoms with E-state index in [9.17, 15) is 4.79 Å². The Morgan fingerprint density at radius 1 is 1.29 bits per heavy atom. The van der Waals surface area contributed by atoms with Crippen molar-refractivity contribution in [1.29, 1.82) is 0 Å². The molecular formula is C17H17N5O2. The van der Waals surface area contributed by atoms with Gasteiger partial charge in [0.2, 0.25) is 5.88 Å². The van der Waals surface area contributed by atoms with Crippen LogP contribution in [0.3, 0.4) is 0 Å². The van der Waals surface area contributed by atoms with Gasteiger partial charge < -0.3 is 9.64 Å². The van der Waals surface area contributed by atoms with E-state index in [1.54, 1.807) is 18.3 Å². The van der Waals surface area contributed by atoms with Crippen LogP contribution in [0.25, 0.3) is 5.65 Å². The van der Waals surface area contributed by atoms with E-state index < -0.39 is 0 Å². The van der Waals surface area contributed by atoms with Crippen LogP contribution in [0.15, 0.2) is 42.7 Å². The number of imidazole rings is 1. The molecule has 7 nitrogen and oxygen atoms in total. The number of fused-ring (bicyclic) bond motifs is 1. The minimum absolute atomic E-state index is 0.0172. The predicted octanol–water partition coefficient (Wildman–Crippen LogP) is 1.73. The van der Waals surface area contributed by atoms with Gasteiger partial charge in [-0.15, -0.1) is 5.10 Å². The Balaban J connectivity index is 1.52. The Labute approximate surface area is 138 Å². The van der Waals surface area contributed by atoms with Gasteiger partial charge in [0, 0.05) is 31.4 Å². The van der Waals surface area contributed by atoms with Crippen LogP contribution in [0, 0.1) is 6.92 Å². The smallest absolute Gasteiger partial charge is 0.272 e.